The number of hydrogen-bond acceptors (Lipinski definition) is 10. The molecule has 2 saturated heterocycles. The van der Waals surface area contributed by atoms with Crippen LogP contribution in [0.3, 0.4) is 0 Å². The summed E-state index contributed by atoms with van der Waals surface area (Å²) in [6, 6.07) is 22.4. The molecule has 300 valence electrons. The second-order valence-electron chi connectivity index (χ2n) is 16.1. The van der Waals surface area contributed by atoms with Gasteiger partial charge in [-0.25, -0.2) is 0 Å². The Balaban J connectivity index is 0.000000152. The number of fused-ring (bicyclic) bond motifs is 4. The molecule has 59 heavy (non-hydrogen) atoms. The summed E-state index contributed by atoms with van der Waals surface area (Å²) in [5, 5.41) is 10.8. The lowest BCUT2D eigenvalue weighted by atomic mass is 9.99. The maximum atomic E-state index is 11.7. The fraction of sp³-hybridized carbons (Fsp3) is 0.319. The number of carbonyl (C=O) groups excluding carboxylic acids is 2. The summed E-state index contributed by atoms with van der Waals surface area (Å²) in [5.41, 5.74) is 14.2. The van der Waals surface area contributed by atoms with E-state index in [2.05, 4.69) is 115 Å². The van der Waals surface area contributed by atoms with Gasteiger partial charge >= 0.3 is 0 Å². The second-order valence-corrected chi connectivity index (χ2v) is 17.0. The summed E-state index contributed by atoms with van der Waals surface area (Å²) >= 11 is 1.78. The van der Waals surface area contributed by atoms with Gasteiger partial charge < -0.3 is 25.3 Å². The highest BCUT2D eigenvalue weighted by molar-refractivity contribution is 7.17. The van der Waals surface area contributed by atoms with Gasteiger partial charge in [0.1, 0.15) is 0 Å². The molecule has 11 nitrogen and oxygen atoms in total. The third kappa shape index (κ3) is 8.01. The van der Waals surface area contributed by atoms with Crippen LogP contribution in [-0.4, -0.2) is 93.4 Å². The number of benzene rings is 4. The summed E-state index contributed by atoms with van der Waals surface area (Å²) in [6.45, 7) is 9.67. The molecule has 12 heteroatoms. The van der Waals surface area contributed by atoms with E-state index >= 15 is 0 Å². The van der Waals surface area contributed by atoms with Crippen LogP contribution in [0.4, 0.5) is 17.1 Å². The number of nitrogens with zero attached hydrogens (tertiary/aromatic N) is 7. The lowest BCUT2D eigenvalue weighted by Crippen LogP contribution is -2.41. The number of thiophene rings is 1. The van der Waals surface area contributed by atoms with Crippen LogP contribution in [0.2, 0.25) is 0 Å². The first-order valence-electron chi connectivity index (χ1n) is 20.5. The standard InChI is InChI=1S/C24H27N5O.C23H22N4OS/c1-16(30)29-11-6-19(7-12-29)27-20-14-21(24-22(15-20)25-8-9-26-24)18-4-3-17-5-10-28(2)23(17)13-18;1-14-13-29-22-4-3-16(9-19(14)22)20-10-18(11-21-23(20)25-7-6-24-21)26-17-5-8-27(12-17)15(2)28/h3-4,8-9,13-15,19,27H,5-7,10-12H2,1-2H3;3-4,6-7,9-11,13,17,26H,5,8,12H2,1-2H3. The third-order valence-electron chi connectivity index (χ3n) is 12.1. The van der Waals surface area contributed by atoms with Gasteiger partial charge in [0.25, 0.3) is 0 Å². The lowest BCUT2D eigenvalue weighted by molar-refractivity contribution is -0.130. The highest BCUT2D eigenvalue weighted by atomic mass is 32.1. The van der Waals surface area contributed by atoms with E-state index in [1.165, 1.54) is 32.5 Å². The number of hydrogen-bond donors (Lipinski definition) is 2. The number of likely N-dealkylation sites (N-methyl/N-ethyl adjacent to an activating group) is 1. The summed E-state index contributed by atoms with van der Waals surface area (Å²) in [4.78, 5) is 47.8. The number of anilines is 3. The maximum Gasteiger partial charge on any atom is 0.219 e. The quantitative estimate of drug-likeness (QED) is 0.171. The van der Waals surface area contributed by atoms with E-state index in [-0.39, 0.29) is 17.9 Å². The van der Waals surface area contributed by atoms with Crippen LogP contribution in [0, 0.1) is 6.92 Å². The van der Waals surface area contributed by atoms with Crippen LogP contribution < -0.4 is 15.5 Å². The molecule has 0 bridgehead atoms. The number of rotatable bonds is 6. The van der Waals surface area contributed by atoms with Gasteiger partial charge in [-0.1, -0.05) is 18.2 Å². The van der Waals surface area contributed by atoms with Gasteiger partial charge in [0.05, 0.1) is 22.1 Å². The van der Waals surface area contributed by atoms with Crippen molar-refractivity contribution in [2.45, 2.75) is 58.5 Å². The summed E-state index contributed by atoms with van der Waals surface area (Å²) in [5.74, 6) is 0.303. The van der Waals surface area contributed by atoms with E-state index in [1.54, 1.807) is 50.0 Å². The Labute approximate surface area is 348 Å². The van der Waals surface area contributed by atoms with Crippen molar-refractivity contribution in [1.82, 2.24) is 29.7 Å². The van der Waals surface area contributed by atoms with Crippen LogP contribution >= 0.6 is 11.3 Å². The molecule has 10 rings (SSSR count). The Morgan fingerprint density at radius 2 is 1.25 bits per heavy atom. The van der Waals surface area contributed by atoms with E-state index < -0.39 is 0 Å². The second kappa shape index (κ2) is 16.2. The van der Waals surface area contributed by atoms with Gasteiger partial charge in [0.15, 0.2) is 0 Å². The zero-order chi connectivity index (χ0) is 40.6. The summed E-state index contributed by atoms with van der Waals surface area (Å²) < 4.78 is 1.30. The molecule has 0 radical (unpaired) electrons. The van der Waals surface area contributed by atoms with Crippen molar-refractivity contribution in [1.29, 1.82) is 0 Å². The highest BCUT2D eigenvalue weighted by Gasteiger charge is 2.25. The molecule has 3 aromatic heterocycles. The first-order chi connectivity index (χ1) is 28.7. The molecule has 4 aromatic carbocycles. The topological polar surface area (TPSA) is 119 Å². The Morgan fingerprint density at radius 3 is 1.90 bits per heavy atom. The SMILES string of the molecule is CC(=O)N1CCC(Nc2cc(-c3ccc4c(c3)N(C)CC4)c3nccnc3c2)CC1.CC(=O)N1CCC(Nc2cc(-c3ccc4scc(C)c4c3)c3nccnc3c2)C1. The van der Waals surface area contributed by atoms with Crippen LogP contribution in [0.5, 0.6) is 0 Å². The number of carbonyl (C=O) groups is 2. The van der Waals surface area contributed by atoms with Crippen molar-refractivity contribution >= 4 is 72.4 Å². The zero-order valence-electron chi connectivity index (χ0n) is 34.0. The average molecular weight is 804 g/mol. The number of aryl methyl sites for hydroxylation is 1. The van der Waals surface area contributed by atoms with E-state index in [9.17, 15) is 9.59 Å². The molecule has 2 fully saturated rings. The van der Waals surface area contributed by atoms with Crippen LogP contribution in [0.25, 0.3) is 54.4 Å². The fourth-order valence-electron chi connectivity index (χ4n) is 8.76. The van der Waals surface area contributed by atoms with E-state index in [0.29, 0.717) is 6.04 Å². The van der Waals surface area contributed by atoms with Gasteiger partial charge in [-0.15, -0.1) is 11.3 Å². The molecule has 2 N–H and O–H groups in total. The monoisotopic (exact) mass is 803 g/mol. The molecule has 3 aliphatic rings. The first-order valence-corrected chi connectivity index (χ1v) is 21.4. The molecule has 1 atom stereocenters. The van der Waals surface area contributed by atoms with Crippen LogP contribution in [0.15, 0.2) is 90.8 Å². The summed E-state index contributed by atoms with van der Waals surface area (Å²) in [6.07, 6.45) is 11.0. The number of amides is 2. The molecular weight excluding hydrogens is 755 g/mol. The zero-order valence-corrected chi connectivity index (χ0v) is 34.9. The minimum atomic E-state index is 0.138. The maximum absolute atomic E-state index is 11.7. The molecular formula is C47H49N9O2S. The van der Waals surface area contributed by atoms with Crippen molar-refractivity contribution in [2.75, 3.05) is 55.3 Å². The Bertz CT molecular complexity index is 2710. The normalized spacial score (nSPS) is 16.7. The van der Waals surface area contributed by atoms with Gasteiger partial charge in [-0.3, -0.25) is 29.5 Å². The van der Waals surface area contributed by atoms with E-state index in [4.69, 9.17) is 0 Å². The van der Waals surface area contributed by atoms with Crippen molar-refractivity contribution in [3.8, 4) is 22.3 Å². The first kappa shape index (κ1) is 38.4. The fourth-order valence-corrected chi connectivity index (χ4v) is 9.69. The predicted octanol–water partition coefficient (Wildman–Crippen LogP) is 8.56. The van der Waals surface area contributed by atoms with Crippen molar-refractivity contribution in [3.05, 3.63) is 102 Å². The average Bonchev–Trinajstić information content (AvgIpc) is 3.99. The van der Waals surface area contributed by atoms with Crippen molar-refractivity contribution < 1.29 is 9.59 Å². The molecule has 0 saturated carbocycles. The van der Waals surface area contributed by atoms with Crippen LogP contribution in [0.1, 0.15) is 44.2 Å². The van der Waals surface area contributed by atoms with Gasteiger partial charge in [0.2, 0.25) is 11.8 Å². The smallest absolute Gasteiger partial charge is 0.219 e. The Kier molecular flexibility index (Phi) is 10.6. The van der Waals surface area contributed by atoms with Crippen LogP contribution in [-0.2, 0) is 16.0 Å². The number of nitrogens with one attached hydrogen (secondary N) is 2. The largest absolute Gasteiger partial charge is 0.382 e. The van der Waals surface area contributed by atoms with Gasteiger partial charge in [0, 0.05) is 123 Å². The summed E-state index contributed by atoms with van der Waals surface area (Å²) in [7, 11) is 2.15. The van der Waals surface area contributed by atoms with Gasteiger partial charge in [-0.05, 0) is 108 Å². The molecule has 6 heterocycles. The minimum Gasteiger partial charge on any atom is -0.382 e. The Hall–Kier alpha value is -6.14. The predicted molar refractivity (Wildman–Crippen MR) is 240 cm³/mol. The van der Waals surface area contributed by atoms with E-state index in [0.717, 1.165) is 109 Å². The van der Waals surface area contributed by atoms with Crippen molar-refractivity contribution in [3.63, 3.8) is 0 Å². The lowest BCUT2D eigenvalue weighted by Gasteiger charge is -2.32. The van der Waals surface area contributed by atoms with Gasteiger partial charge in [-0.2, -0.15) is 0 Å². The molecule has 3 aliphatic heterocycles. The Morgan fingerprint density at radius 1 is 0.678 bits per heavy atom. The third-order valence-corrected chi connectivity index (χ3v) is 13.1. The number of aromatic nitrogens is 4. The number of likely N-dealkylation sites (tertiary alicyclic amines) is 2. The van der Waals surface area contributed by atoms with Crippen molar-refractivity contribution in [2.24, 2.45) is 0 Å². The minimum absolute atomic E-state index is 0.138. The molecule has 0 aliphatic carbocycles. The molecule has 2 amide bonds. The van der Waals surface area contributed by atoms with E-state index in [1.807, 2.05) is 9.80 Å². The highest BCUT2D eigenvalue weighted by Crippen LogP contribution is 2.37. The number of piperidine rings is 1. The molecule has 0 spiro atoms. The molecule has 1 unspecified atom stereocenters. The molecule has 7 aromatic rings.